The summed E-state index contributed by atoms with van der Waals surface area (Å²) in [5.74, 6) is 0. The zero-order chi connectivity index (χ0) is 12.1. The van der Waals surface area contributed by atoms with Crippen LogP contribution in [0.4, 0.5) is 5.69 Å². The lowest BCUT2D eigenvalue weighted by molar-refractivity contribution is 0.00924. The van der Waals surface area contributed by atoms with Crippen LogP contribution in [0.2, 0.25) is 0 Å². The van der Waals surface area contributed by atoms with Crippen LogP contribution >= 0.6 is 0 Å². The monoisotopic (exact) mass is 233 g/mol. The molecule has 0 aromatic heterocycles. The molecule has 1 aliphatic rings. The van der Waals surface area contributed by atoms with Crippen molar-refractivity contribution in [1.29, 1.82) is 0 Å². The second-order valence-electron chi connectivity index (χ2n) is 4.78. The van der Waals surface area contributed by atoms with Gasteiger partial charge in [0.05, 0.1) is 6.10 Å². The van der Waals surface area contributed by atoms with Gasteiger partial charge in [-0.25, -0.2) is 0 Å². The van der Waals surface area contributed by atoms with Crippen LogP contribution < -0.4 is 5.32 Å². The summed E-state index contributed by atoms with van der Waals surface area (Å²) in [4.78, 5) is 0. The van der Waals surface area contributed by atoms with Gasteiger partial charge in [-0.05, 0) is 37.3 Å². The molecule has 1 fully saturated rings. The highest BCUT2D eigenvalue weighted by Crippen LogP contribution is 2.23. The van der Waals surface area contributed by atoms with Crippen LogP contribution in [-0.2, 0) is 11.2 Å². The molecule has 2 unspecified atom stereocenters. The molecular weight excluding hydrogens is 210 g/mol. The molecule has 1 N–H and O–H groups in total. The summed E-state index contributed by atoms with van der Waals surface area (Å²) in [6.07, 6.45) is 4.90. The maximum atomic E-state index is 5.71. The number of para-hydroxylation sites is 1. The minimum atomic E-state index is 0.440. The van der Waals surface area contributed by atoms with Crippen molar-refractivity contribution in [1.82, 2.24) is 0 Å². The van der Waals surface area contributed by atoms with Crippen LogP contribution in [0, 0.1) is 0 Å². The van der Waals surface area contributed by atoms with Gasteiger partial charge in [-0.1, -0.05) is 32.0 Å². The average molecular weight is 233 g/mol. The van der Waals surface area contributed by atoms with Gasteiger partial charge in [-0.2, -0.15) is 0 Å². The smallest absolute Gasteiger partial charge is 0.0592 e. The molecule has 0 saturated carbocycles. The fourth-order valence-electron chi connectivity index (χ4n) is 2.49. The maximum Gasteiger partial charge on any atom is 0.0592 e. The first-order valence-electron chi connectivity index (χ1n) is 6.79. The van der Waals surface area contributed by atoms with Gasteiger partial charge in [-0.15, -0.1) is 0 Å². The Hall–Kier alpha value is -1.02. The zero-order valence-electron chi connectivity index (χ0n) is 10.9. The van der Waals surface area contributed by atoms with Gasteiger partial charge in [0.1, 0.15) is 0 Å². The standard InChI is InChI=1S/C15H23NO/c1-3-12-7-5-6-8-15(12)16-13-9-10-17-14(4-2)11-13/h5-8,13-14,16H,3-4,9-11H2,1-2H3. The molecule has 2 heteroatoms. The van der Waals surface area contributed by atoms with E-state index in [1.807, 2.05) is 0 Å². The third kappa shape index (κ3) is 3.22. The van der Waals surface area contributed by atoms with Crippen molar-refractivity contribution in [3.63, 3.8) is 0 Å². The van der Waals surface area contributed by atoms with Gasteiger partial charge in [-0.3, -0.25) is 0 Å². The second-order valence-corrected chi connectivity index (χ2v) is 4.78. The highest BCUT2D eigenvalue weighted by atomic mass is 16.5. The number of nitrogens with one attached hydrogen (secondary N) is 1. The summed E-state index contributed by atoms with van der Waals surface area (Å²) in [5, 5.41) is 3.68. The molecule has 0 spiro atoms. The zero-order valence-corrected chi connectivity index (χ0v) is 10.9. The average Bonchev–Trinajstić information content (AvgIpc) is 2.39. The van der Waals surface area contributed by atoms with Crippen LogP contribution in [-0.4, -0.2) is 18.8 Å². The Bertz CT molecular complexity index is 351. The first-order valence-corrected chi connectivity index (χ1v) is 6.79. The van der Waals surface area contributed by atoms with Gasteiger partial charge in [0.2, 0.25) is 0 Å². The van der Waals surface area contributed by atoms with Crippen molar-refractivity contribution in [3.8, 4) is 0 Å². The number of hydrogen-bond donors (Lipinski definition) is 1. The van der Waals surface area contributed by atoms with E-state index in [4.69, 9.17) is 4.74 Å². The molecule has 1 heterocycles. The molecule has 0 amide bonds. The number of aryl methyl sites for hydroxylation is 1. The summed E-state index contributed by atoms with van der Waals surface area (Å²) in [6, 6.07) is 9.19. The van der Waals surface area contributed by atoms with Crippen LogP contribution in [0.1, 0.15) is 38.7 Å². The quantitative estimate of drug-likeness (QED) is 0.857. The summed E-state index contributed by atoms with van der Waals surface area (Å²) in [5.41, 5.74) is 2.71. The Kier molecular flexibility index (Phi) is 4.43. The van der Waals surface area contributed by atoms with Crippen molar-refractivity contribution >= 4 is 5.69 Å². The van der Waals surface area contributed by atoms with Crippen molar-refractivity contribution in [2.75, 3.05) is 11.9 Å². The highest BCUT2D eigenvalue weighted by Gasteiger charge is 2.21. The molecular formula is C15H23NO. The maximum absolute atomic E-state index is 5.71. The molecule has 1 aromatic rings. The number of ether oxygens (including phenoxy) is 1. The van der Waals surface area contributed by atoms with E-state index < -0.39 is 0 Å². The van der Waals surface area contributed by atoms with Crippen LogP contribution in [0.15, 0.2) is 24.3 Å². The largest absolute Gasteiger partial charge is 0.382 e. The number of rotatable bonds is 4. The molecule has 94 valence electrons. The summed E-state index contributed by atoms with van der Waals surface area (Å²) >= 11 is 0. The molecule has 1 saturated heterocycles. The number of benzene rings is 1. The lowest BCUT2D eigenvalue weighted by Gasteiger charge is -2.30. The molecule has 17 heavy (non-hydrogen) atoms. The second kappa shape index (κ2) is 6.06. The summed E-state index contributed by atoms with van der Waals surface area (Å²) < 4.78 is 5.71. The fraction of sp³-hybridized carbons (Fsp3) is 0.600. The van der Waals surface area contributed by atoms with Gasteiger partial charge in [0, 0.05) is 18.3 Å². The Balaban J connectivity index is 2.00. The predicted molar refractivity (Wildman–Crippen MR) is 72.5 cm³/mol. The van der Waals surface area contributed by atoms with E-state index in [2.05, 4.69) is 43.4 Å². The number of hydrogen-bond acceptors (Lipinski definition) is 2. The third-order valence-electron chi connectivity index (χ3n) is 3.58. The minimum Gasteiger partial charge on any atom is -0.382 e. The van der Waals surface area contributed by atoms with Crippen molar-refractivity contribution in [3.05, 3.63) is 29.8 Å². The Morgan fingerprint density at radius 1 is 1.29 bits per heavy atom. The summed E-state index contributed by atoms with van der Waals surface area (Å²) in [6.45, 7) is 5.30. The van der Waals surface area contributed by atoms with Crippen LogP contribution in [0.25, 0.3) is 0 Å². The molecule has 0 aliphatic carbocycles. The SMILES string of the molecule is CCc1ccccc1NC1CCOC(CC)C1. The predicted octanol–water partition coefficient (Wildman–Crippen LogP) is 3.62. The lowest BCUT2D eigenvalue weighted by Crippen LogP contribution is -2.33. The molecule has 0 bridgehead atoms. The van der Waals surface area contributed by atoms with Crippen molar-refractivity contribution < 1.29 is 4.74 Å². The van der Waals surface area contributed by atoms with E-state index in [1.165, 1.54) is 11.3 Å². The van der Waals surface area contributed by atoms with E-state index in [1.54, 1.807) is 0 Å². The Morgan fingerprint density at radius 3 is 2.88 bits per heavy atom. The molecule has 2 rings (SSSR count). The van der Waals surface area contributed by atoms with Gasteiger partial charge in [0.15, 0.2) is 0 Å². The minimum absolute atomic E-state index is 0.440. The van der Waals surface area contributed by atoms with Crippen molar-refractivity contribution in [2.24, 2.45) is 0 Å². The normalized spacial score (nSPS) is 24.6. The van der Waals surface area contributed by atoms with Crippen LogP contribution in [0.5, 0.6) is 0 Å². The van der Waals surface area contributed by atoms with Gasteiger partial charge < -0.3 is 10.1 Å². The molecule has 0 radical (unpaired) electrons. The summed E-state index contributed by atoms with van der Waals surface area (Å²) in [7, 11) is 0. The van der Waals surface area contributed by atoms with Gasteiger partial charge in [0.25, 0.3) is 0 Å². The Morgan fingerprint density at radius 2 is 2.12 bits per heavy atom. The lowest BCUT2D eigenvalue weighted by atomic mass is 10.0. The molecule has 2 nitrogen and oxygen atoms in total. The first kappa shape index (κ1) is 12.4. The van der Waals surface area contributed by atoms with Crippen LogP contribution in [0.3, 0.4) is 0 Å². The van der Waals surface area contributed by atoms with Crippen molar-refractivity contribution in [2.45, 2.75) is 51.7 Å². The van der Waals surface area contributed by atoms with E-state index in [0.717, 1.165) is 32.3 Å². The van der Waals surface area contributed by atoms with E-state index in [-0.39, 0.29) is 0 Å². The number of anilines is 1. The van der Waals surface area contributed by atoms with E-state index in [0.29, 0.717) is 12.1 Å². The third-order valence-corrected chi connectivity index (χ3v) is 3.58. The molecule has 1 aliphatic heterocycles. The van der Waals surface area contributed by atoms with Gasteiger partial charge >= 0.3 is 0 Å². The fourth-order valence-corrected chi connectivity index (χ4v) is 2.49. The topological polar surface area (TPSA) is 21.3 Å². The van der Waals surface area contributed by atoms with E-state index in [9.17, 15) is 0 Å². The van der Waals surface area contributed by atoms with E-state index >= 15 is 0 Å². The molecule has 1 aromatic carbocycles. The molecule has 2 atom stereocenters. The Labute approximate surface area is 104 Å². The first-order chi connectivity index (χ1) is 8.33. The highest BCUT2D eigenvalue weighted by molar-refractivity contribution is 5.51.